The highest BCUT2D eigenvalue weighted by Gasteiger charge is 2.54. The number of carbonyl (C=O) groups is 3. The van der Waals surface area contributed by atoms with Gasteiger partial charge in [-0.2, -0.15) is 0 Å². The zero-order chi connectivity index (χ0) is 42.0. The van der Waals surface area contributed by atoms with Crippen LogP contribution in [0.25, 0.3) is 0 Å². The predicted octanol–water partition coefficient (Wildman–Crippen LogP) is 3.93. The molecule has 322 valence electrons. The number of alkyl carbamates (subject to hydrolysis) is 1. The van der Waals surface area contributed by atoms with Gasteiger partial charge in [0.1, 0.15) is 11.4 Å². The van der Waals surface area contributed by atoms with Gasteiger partial charge in [0, 0.05) is 63.9 Å². The van der Waals surface area contributed by atoms with Crippen LogP contribution in [0.15, 0.2) is 66.1 Å². The molecule has 5 fully saturated rings. The van der Waals surface area contributed by atoms with Crippen molar-refractivity contribution < 1.29 is 36.7 Å². The molecule has 2 aromatic carbocycles. The van der Waals surface area contributed by atoms with Gasteiger partial charge in [0.25, 0.3) is 0 Å². The lowest BCUT2D eigenvalue weighted by molar-refractivity contribution is -0.138. The predicted molar refractivity (Wildman–Crippen MR) is 223 cm³/mol. The maximum absolute atomic E-state index is 15.1. The number of hydrogen-bond acceptors (Lipinski definition) is 10. The van der Waals surface area contributed by atoms with Crippen molar-refractivity contribution in [3.63, 3.8) is 0 Å². The second-order valence-corrected chi connectivity index (χ2v) is 19.4. The van der Waals surface area contributed by atoms with Crippen LogP contribution in [0.2, 0.25) is 0 Å². The number of methoxy groups -OCH3 is 2. The molecular formula is C44H61FN6O7S. The Labute approximate surface area is 348 Å². The van der Waals surface area contributed by atoms with Crippen molar-refractivity contribution in [3.8, 4) is 0 Å². The van der Waals surface area contributed by atoms with Crippen LogP contribution in [0.3, 0.4) is 0 Å². The number of ether oxygens (including phenoxy) is 2. The Balaban J connectivity index is 1.01. The zero-order valence-electron chi connectivity index (χ0n) is 34.8. The van der Waals surface area contributed by atoms with Crippen molar-refractivity contribution in [2.45, 2.75) is 73.4 Å². The number of piperazine rings is 1. The van der Waals surface area contributed by atoms with E-state index in [9.17, 15) is 22.8 Å². The second-order valence-electron chi connectivity index (χ2n) is 17.4. The summed E-state index contributed by atoms with van der Waals surface area (Å²) < 4.78 is 53.6. The molecule has 0 spiro atoms. The molecule has 0 radical (unpaired) electrons. The number of rotatable bonds is 14. The number of piperidine rings is 1. The molecule has 15 heteroatoms. The van der Waals surface area contributed by atoms with Gasteiger partial charge in [0.2, 0.25) is 11.8 Å². The molecule has 1 aliphatic carbocycles. The number of amides is 3. The van der Waals surface area contributed by atoms with Crippen LogP contribution in [-0.2, 0) is 34.3 Å². The lowest BCUT2D eigenvalue weighted by Crippen LogP contribution is -2.68. The Morgan fingerprint density at radius 3 is 2.29 bits per heavy atom. The fourth-order valence-corrected chi connectivity index (χ4v) is 12.4. The van der Waals surface area contributed by atoms with Gasteiger partial charge in [0.15, 0.2) is 9.84 Å². The molecule has 59 heavy (non-hydrogen) atoms. The maximum atomic E-state index is 15.1. The molecule has 1 N–H and O–H groups in total. The summed E-state index contributed by atoms with van der Waals surface area (Å²) in [7, 11) is -0.605. The highest BCUT2D eigenvalue weighted by Crippen LogP contribution is 2.51. The first-order chi connectivity index (χ1) is 28.3. The first-order valence-electron chi connectivity index (χ1n) is 21.2. The number of nitrogens with one attached hydrogen (secondary N) is 1. The van der Waals surface area contributed by atoms with Gasteiger partial charge in [0.05, 0.1) is 36.9 Å². The standard InChI is InChI=1S/C44H61FN6O7S/c1-5-41(53)49-23-24-51(32(2)52)37(26-49)27-59(55,56)38-15-13-36(14-16-38)50-29-43(30-50,58-4)28-48-21-17-33(18-22-48)44(31-47-19-8-20-47,34-9-6-10-35(45)25-34)39-11-7-12-40(39)46-42(54)57-3/h5-6,9-10,13-16,25,33,37,39-40H,1,7-8,11-12,17-24,26-31H2,2-4H3,(H,46,54)/t37-,39+,40+,44+/m1/s1. The average Bonchev–Trinajstić information content (AvgIpc) is 3.66. The van der Waals surface area contributed by atoms with E-state index in [2.05, 4.69) is 32.7 Å². The summed E-state index contributed by atoms with van der Waals surface area (Å²) in [6.07, 6.45) is 6.68. The lowest BCUT2D eigenvalue weighted by Gasteiger charge is -2.55. The number of carbonyl (C=O) groups excluding carboxylic acids is 3. The van der Waals surface area contributed by atoms with E-state index in [-0.39, 0.29) is 70.3 Å². The molecule has 3 amide bonds. The Bertz CT molecular complexity index is 1950. The number of benzene rings is 2. The fraction of sp³-hybridized carbons (Fsp3) is 0.614. The molecule has 0 unspecified atom stereocenters. The number of halogens is 1. The van der Waals surface area contributed by atoms with Crippen LogP contribution in [0, 0.1) is 17.7 Å². The van der Waals surface area contributed by atoms with E-state index in [0.717, 1.165) is 89.0 Å². The van der Waals surface area contributed by atoms with Gasteiger partial charge < -0.3 is 39.3 Å². The van der Waals surface area contributed by atoms with Gasteiger partial charge in [-0.05, 0) is 118 Å². The van der Waals surface area contributed by atoms with Crippen molar-refractivity contribution in [3.05, 3.63) is 72.6 Å². The van der Waals surface area contributed by atoms with Crippen molar-refractivity contribution >= 4 is 33.4 Å². The maximum Gasteiger partial charge on any atom is 0.407 e. The van der Waals surface area contributed by atoms with Crippen LogP contribution < -0.4 is 10.2 Å². The fourth-order valence-electron chi connectivity index (χ4n) is 10.8. The molecule has 13 nitrogen and oxygen atoms in total. The summed E-state index contributed by atoms with van der Waals surface area (Å²) in [5.74, 6) is -0.584. The van der Waals surface area contributed by atoms with E-state index in [0.29, 0.717) is 19.6 Å². The topological polar surface area (TPSA) is 132 Å². The van der Waals surface area contributed by atoms with E-state index >= 15 is 4.39 Å². The molecule has 7 rings (SSSR count). The minimum Gasteiger partial charge on any atom is -0.453 e. The normalized spacial score (nSPS) is 25.1. The van der Waals surface area contributed by atoms with Gasteiger partial charge in [-0.25, -0.2) is 17.6 Å². The molecule has 5 aliphatic rings. The zero-order valence-corrected chi connectivity index (χ0v) is 35.6. The smallest absolute Gasteiger partial charge is 0.407 e. The Hall–Kier alpha value is -4.05. The summed E-state index contributed by atoms with van der Waals surface area (Å²) in [4.78, 5) is 47.7. The van der Waals surface area contributed by atoms with Gasteiger partial charge in [-0.15, -0.1) is 0 Å². The number of hydrogen-bond donors (Lipinski definition) is 1. The first-order valence-corrected chi connectivity index (χ1v) is 22.8. The highest BCUT2D eigenvalue weighted by molar-refractivity contribution is 7.91. The van der Waals surface area contributed by atoms with Crippen molar-refractivity contribution in [1.82, 2.24) is 24.9 Å². The third-order valence-corrected chi connectivity index (χ3v) is 15.8. The molecule has 4 atom stereocenters. The monoisotopic (exact) mass is 836 g/mol. The summed E-state index contributed by atoms with van der Waals surface area (Å²) in [5.41, 5.74) is 1.21. The van der Waals surface area contributed by atoms with E-state index in [1.807, 2.05) is 18.2 Å². The highest BCUT2D eigenvalue weighted by atomic mass is 32.2. The van der Waals surface area contributed by atoms with Crippen LogP contribution in [-0.4, -0.2) is 156 Å². The third kappa shape index (κ3) is 9.03. The molecule has 4 heterocycles. The van der Waals surface area contributed by atoms with Crippen LogP contribution >= 0.6 is 0 Å². The molecule has 2 aromatic rings. The van der Waals surface area contributed by atoms with Crippen molar-refractivity contribution in [1.29, 1.82) is 0 Å². The van der Waals surface area contributed by atoms with Crippen LogP contribution in [0.1, 0.15) is 51.0 Å². The summed E-state index contributed by atoms with van der Waals surface area (Å²) in [6.45, 7) is 12.4. The van der Waals surface area contributed by atoms with E-state index in [4.69, 9.17) is 9.47 Å². The number of likely N-dealkylation sites (tertiary alicyclic amines) is 2. The quantitative estimate of drug-likeness (QED) is 0.280. The number of nitrogens with zero attached hydrogens (tertiary/aromatic N) is 5. The molecule has 4 saturated heterocycles. The van der Waals surface area contributed by atoms with E-state index in [1.54, 1.807) is 25.3 Å². The van der Waals surface area contributed by atoms with Crippen molar-refractivity contribution in [2.75, 3.05) is 96.9 Å². The largest absolute Gasteiger partial charge is 0.453 e. The first kappa shape index (κ1) is 43.1. The summed E-state index contributed by atoms with van der Waals surface area (Å²) >= 11 is 0. The van der Waals surface area contributed by atoms with E-state index < -0.39 is 22.0 Å². The molecule has 0 bridgehead atoms. The van der Waals surface area contributed by atoms with Crippen LogP contribution in [0.4, 0.5) is 14.9 Å². The minimum atomic E-state index is -3.77. The Morgan fingerprint density at radius 1 is 0.949 bits per heavy atom. The van der Waals surface area contributed by atoms with Crippen molar-refractivity contribution in [2.24, 2.45) is 11.8 Å². The average molecular weight is 837 g/mol. The van der Waals surface area contributed by atoms with Crippen LogP contribution in [0.5, 0.6) is 0 Å². The molecule has 1 saturated carbocycles. The third-order valence-electron chi connectivity index (χ3n) is 14.0. The summed E-state index contributed by atoms with van der Waals surface area (Å²) in [5, 5.41) is 3.17. The molecule has 0 aromatic heterocycles. The Morgan fingerprint density at radius 2 is 1.68 bits per heavy atom. The number of anilines is 1. The lowest BCUT2D eigenvalue weighted by atomic mass is 9.57. The van der Waals surface area contributed by atoms with E-state index in [1.165, 1.54) is 36.0 Å². The minimum absolute atomic E-state index is 0.0498. The molecule has 4 aliphatic heterocycles. The second kappa shape index (κ2) is 17.9. The Kier molecular flexibility index (Phi) is 13.1. The number of sulfone groups is 1. The summed E-state index contributed by atoms with van der Waals surface area (Å²) in [6, 6.07) is 13.4. The van der Waals surface area contributed by atoms with Gasteiger partial charge >= 0.3 is 6.09 Å². The SMILES string of the molecule is C=CC(=O)N1CCN(C(C)=O)[C@@H](CS(=O)(=O)c2ccc(N3CC(CN4CCC([C@@](CN5CCC5)(c5cccc(F)c5)[C@H]5CCC[C@@H]5NC(=O)OC)CC4)(OC)C3)cc2)C1. The van der Waals surface area contributed by atoms with Gasteiger partial charge in [-0.3, -0.25) is 9.59 Å². The van der Waals surface area contributed by atoms with Gasteiger partial charge in [-0.1, -0.05) is 25.1 Å². The molecular weight excluding hydrogens is 776 g/mol.